The number of rotatable bonds is 6. The number of carbonyl (C=O) groups is 1. The first kappa shape index (κ1) is 12.9. The Kier molecular flexibility index (Phi) is 5.42. The van der Waals surface area contributed by atoms with Gasteiger partial charge in [0, 0.05) is 6.54 Å². The van der Waals surface area contributed by atoms with Gasteiger partial charge in [-0.15, -0.1) is 6.58 Å². The zero-order valence-electron chi connectivity index (χ0n) is 9.57. The SMILES string of the molecule is C=CCN(CCOc1ncncn1)C(=O)OC. The first-order valence-electron chi connectivity index (χ1n) is 4.96. The van der Waals surface area contributed by atoms with E-state index < -0.39 is 6.09 Å². The molecule has 1 rings (SSSR count). The average Bonchev–Trinajstić information content (AvgIpc) is 2.38. The second-order valence-electron chi connectivity index (χ2n) is 2.97. The van der Waals surface area contributed by atoms with Crippen LogP contribution in [0.4, 0.5) is 4.79 Å². The number of ether oxygens (including phenoxy) is 2. The zero-order chi connectivity index (χ0) is 12.5. The number of hydrogen-bond acceptors (Lipinski definition) is 6. The molecule has 1 heterocycles. The number of methoxy groups -OCH3 is 1. The molecule has 0 fully saturated rings. The van der Waals surface area contributed by atoms with Gasteiger partial charge in [-0.25, -0.2) is 9.78 Å². The van der Waals surface area contributed by atoms with Crippen LogP contribution in [-0.2, 0) is 4.74 Å². The Morgan fingerprint density at radius 1 is 1.53 bits per heavy atom. The van der Waals surface area contributed by atoms with E-state index in [1.54, 1.807) is 6.08 Å². The van der Waals surface area contributed by atoms with Crippen molar-refractivity contribution in [3.05, 3.63) is 25.3 Å². The fourth-order valence-electron chi connectivity index (χ4n) is 1.09. The van der Waals surface area contributed by atoms with Crippen LogP contribution in [-0.4, -0.2) is 52.8 Å². The molecule has 7 heteroatoms. The van der Waals surface area contributed by atoms with Gasteiger partial charge in [0.2, 0.25) is 0 Å². The van der Waals surface area contributed by atoms with Crippen LogP contribution in [0.1, 0.15) is 0 Å². The Bertz CT molecular complexity index is 358. The number of nitrogens with zero attached hydrogens (tertiary/aromatic N) is 4. The summed E-state index contributed by atoms with van der Waals surface area (Å²) in [7, 11) is 1.32. The Morgan fingerprint density at radius 3 is 2.82 bits per heavy atom. The van der Waals surface area contributed by atoms with E-state index in [2.05, 4.69) is 26.3 Å². The van der Waals surface area contributed by atoms with E-state index in [4.69, 9.17) is 4.74 Å². The number of carbonyl (C=O) groups excluding carboxylic acids is 1. The van der Waals surface area contributed by atoms with Crippen LogP contribution in [0.25, 0.3) is 0 Å². The number of aromatic nitrogens is 3. The molecule has 0 saturated heterocycles. The highest BCUT2D eigenvalue weighted by Gasteiger charge is 2.11. The lowest BCUT2D eigenvalue weighted by atomic mass is 10.5. The first-order chi connectivity index (χ1) is 8.27. The van der Waals surface area contributed by atoms with Gasteiger partial charge < -0.3 is 14.4 Å². The highest BCUT2D eigenvalue weighted by atomic mass is 16.5. The van der Waals surface area contributed by atoms with Crippen molar-refractivity contribution in [2.45, 2.75) is 0 Å². The molecule has 0 saturated carbocycles. The minimum Gasteiger partial charge on any atom is -0.461 e. The summed E-state index contributed by atoms with van der Waals surface area (Å²) in [5.74, 6) is 0. The highest BCUT2D eigenvalue weighted by molar-refractivity contribution is 5.67. The summed E-state index contributed by atoms with van der Waals surface area (Å²) in [5, 5.41) is 0. The lowest BCUT2D eigenvalue weighted by molar-refractivity contribution is 0.119. The monoisotopic (exact) mass is 238 g/mol. The summed E-state index contributed by atoms with van der Waals surface area (Å²) in [6.07, 6.45) is 3.86. The Balaban J connectivity index is 2.37. The molecule has 7 nitrogen and oxygen atoms in total. The quantitative estimate of drug-likeness (QED) is 0.672. The second kappa shape index (κ2) is 7.15. The van der Waals surface area contributed by atoms with Gasteiger partial charge in [-0.05, 0) is 0 Å². The molecule has 92 valence electrons. The third-order valence-electron chi connectivity index (χ3n) is 1.84. The summed E-state index contributed by atoms with van der Waals surface area (Å²) < 4.78 is 9.84. The predicted octanol–water partition coefficient (Wildman–Crippen LogP) is 0.505. The maximum atomic E-state index is 11.3. The Morgan fingerprint density at radius 2 is 2.24 bits per heavy atom. The molecule has 0 atom stereocenters. The second-order valence-corrected chi connectivity index (χ2v) is 2.97. The van der Waals surface area contributed by atoms with E-state index in [1.165, 1.54) is 24.7 Å². The van der Waals surface area contributed by atoms with Crippen LogP contribution in [0.2, 0.25) is 0 Å². The van der Waals surface area contributed by atoms with Crippen molar-refractivity contribution in [2.24, 2.45) is 0 Å². The lowest BCUT2D eigenvalue weighted by Gasteiger charge is -2.18. The molecule has 1 aromatic rings. The van der Waals surface area contributed by atoms with E-state index >= 15 is 0 Å². The molecular formula is C10H14N4O3. The minimum absolute atomic E-state index is 0.225. The van der Waals surface area contributed by atoms with Gasteiger partial charge in [-0.2, -0.15) is 9.97 Å². The van der Waals surface area contributed by atoms with Crippen LogP contribution >= 0.6 is 0 Å². The number of amides is 1. The molecular weight excluding hydrogens is 224 g/mol. The Hall–Kier alpha value is -2.18. The molecule has 0 aliphatic carbocycles. The molecule has 0 N–H and O–H groups in total. The molecule has 1 aromatic heterocycles. The van der Waals surface area contributed by atoms with Crippen molar-refractivity contribution in [1.29, 1.82) is 0 Å². The van der Waals surface area contributed by atoms with Crippen molar-refractivity contribution in [3.63, 3.8) is 0 Å². The minimum atomic E-state index is -0.427. The topological polar surface area (TPSA) is 77.4 Å². The lowest BCUT2D eigenvalue weighted by Crippen LogP contribution is -2.34. The molecule has 0 aliphatic rings. The molecule has 0 bridgehead atoms. The van der Waals surface area contributed by atoms with Crippen molar-refractivity contribution in [1.82, 2.24) is 19.9 Å². The maximum absolute atomic E-state index is 11.3. The molecule has 0 aliphatic heterocycles. The van der Waals surface area contributed by atoms with Gasteiger partial charge >= 0.3 is 12.1 Å². The smallest absolute Gasteiger partial charge is 0.409 e. The van der Waals surface area contributed by atoms with E-state index in [1.807, 2.05) is 0 Å². The summed E-state index contributed by atoms with van der Waals surface area (Å²) in [6.45, 7) is 4.59. The fourth-order valence-corrected chi connectivity index (χ4v) is 1.09. The summed E-state index contributed by atoms with van der Waals surface area (Å²) in [6, 6.07) is 0.225. The summed E-state index contributed by atoms with van der Waals surface area (Å²) in [4.78, 5) is 24.0. The third-order valence-corrected chi connectivity index (χ3v) is 1.84. The van der Waals surface area contributed by atoms with E-state index in [9.17, 15) is 4.79 Å². The third kappa shape index (κ3) is 4.45. The van der Waals surface area contributed by atoms with Crippen molar-refractivity contribution >= 4 is 6.09 Å². The van der Waals surface area contributed by atoms with E-state index in [-0.39, 0.29) is 12.6 Å². The fraction of sp³-hybridized carbons (Fsp3) is 0.400. The first-order valence-corrected chi connectivity index (χ1v) is 4.96. The van der Waals surface area contributed by atoms with Crippen molar-refractivity contribution < 1.29 is 14.3 Å². The van der Waals surface area contributed by atoms with Gasteiger partial charge in [0.1, 0.15) is 19.3 Å². The normalized spacial score (nSPS) is 9.47. The molecule has 17 heavy (non-hydrogen) atoms. The van der Waals surface area contributed by atoms with Gasteiger partial charge in [0.25, 0.3) is 0 Å². The Labute approximate surface area is 99.1 Å². The van der Waals surface area contributed by atoms with Crippen LogP contribution in [0.5, 0.6) is 6.01 Å². The van der Waals surface area contributed by atoms with Gasteiger partial charge in [-0.3, -0.25) is 0 Å². The van der Waals surface area contributed by atoms with E-state index in [0.29, 0.717) is 13.1 Å². The van der Waals surface area contributed by atoms with Gasteiger partial charge in [-0.1, -0.05) is 6.08 Å². The average molecular weight is 238 g/mol. The van der Waals surface area contributed by atoms with E-state index in [0.717, 1.165) is 0 Å². The predicted molar refractivity (Wildman–Crippen MR) is 59.5 cm³/mol. The molecule has 0 radical (unpaired) electrons. The molecule has 0 spiro atoms. The van der Waals surface area contributed by atoms with Crippen molar-refractivity contribution in [3.8, 4) is 6.01 Å². The van der Waals surface area contributed by atoms with Crippen LogP contribution in [0.3, 0.4) is 0 Å². The molecule has 0 unspecified atom stereocenters. The molecule has 0 aromatic carbocycles. The van der Waals surface area contributed by atoms with Gasteiger partial charge in [0.15, 0.2) is 0 Å². The van der Waals surface area contributed by atoms with Gasteiger partial charge in [0.05, 0.1) is 13.7 Å². The highest BCUT2D eigenvalue weighted by Crippen LogP contribution is 1.98. The summed E-state index contributed by atoms with van der Waals surface area (Å²) in [5.41, 5.74) is 0. The number of hydrogen-bond donors (Lipinski definition) is 0. The van der Waals surface area contributed by atoms with Crippen LogP contribution < -0.4 is 4.74 Å². The van der Waals surface area contributed by atoms with Crippen molar-refractivity contribution in [2.75, 3.05) is 26.8 Å². The molecule has 1 amide bonds. The largest absolute Gasteiger partial charge is 0.461 e. The zero-order valence-corrected chi connectivity index (χ0v) is 9.57. The van der Waals surface area contributed by atoms with Crippen LogP contribution in [0, 0.1) is 0 Å². The standard InChI is InChI=1S/C10H14N4O3/c1-3-4-14(10(15)16-2)5-6-17-9-12-7-11-8-13-9/h3,7-8H,1,4-6H2,2H3. The maximum Gasteiger partial charge on any atom is 0.409 e. The summed E-state index contributed by atoms with van der Waals surface area (Å²) >= 11 is 0. The van der Waals surface area contributed by atoms with Crippen LogP contribution in [0.15, 0.2) is 25.3 Å².